The molecule has 134 valence electrons. The number of aromatic hydroxyl groups is 2. The van der Waals surface area contributed by atoms with Crippen LogP contribution in [0.25, 0.3) is 10.8 Å². The molecule has 0 aliphatic rings. The first-order chi connectivity index (χ1) is 12.2. The number of carboxylic acids is 1. The van der Waals surface area contributed by atoms with E-state index in [1.165, 1.54) is 11.8 Å². The number of hydrogen-bond donors (Lipinski definition) is 3. The molecule has 0 saturated heterocycles. The first kappa shape index (κ1) is 18.1. The number of carboxylic acid groups (broad SMARTS) is 1. The molecule has 5 heteroatoms. The summed E-state index contributed by atoms with van der Waals surface area (Å²) in [5.74, 6) is -2.16. The molecule has 3 aromatic carbocycles. The van der Waals surface area contributed by atoms with Crippen LogP contribution in [0, 0.1) is 0 Å². The topological polar surface area (TPSA) is 77.8 Å². The Bertz CT molecular complexity index is 998. The van der Waals surface area contributed by atoms with Gasteiger partial charge in [0.25, 0.3) is 0 Å². The van der Waals surface area contributed by atoms with Gasteiger partial charge in [0.15, 0.2) is 0 Å². The van der Waals surface area contributed by atoms with Crippen molar-refractivity contribution in [3.8, 4) is 11.5 Å². The second kappa shape index (κ2) is 6.57. The fraction of sp³-hybridized carbons (Fsp3) is 0.190. The molecule has 0 atom stereocenters. The summed E-state index contributed by atoms with van der Waals surface area (Å²) in [5, 5.41) is 32.4. The predicted molar refractivity (Wildman–Crippen MR) is 104 cm³/mol. The molecule has 0 aliphatic carbocycles. The molecule has 3 rings (SSSR count). The van der Waals surface area contributed by atoms with Gasteiger partial charge in [-0.3, -0.25) is 0 Å². The van der Waals surface area contributed by atoms with Crippen molar-refractivity contribution in [2.45, 2.75) is 36.0 Å². The lowest BCUT2D eigenvalue weighted by Gasteiger charge is -2.23. The fourth-order valence-electron chi connectivity index (χ4n) is 2.89. The molecule has 0 unspecified atom stereocenters. The summed E-state index contributed by atoms with van der Waals surface area (Å²) in [6, 6.07) is 15.4. The maximum Gasteiger partial charge on any atom is 0.343 e. The first-order valence-corrected chi connectivity index (χ1v) is 9.00. The Morgan fingerprint density at radius 3 is 2.23 bits per heavy atom. The maximum atomic E-state index is 11.6. The van der Waals surface area contributed by atoms with E-state index in [0.717, 1.165) is 15.7 Å². The third kappa shape index (κ3) is 3.22. The second-order valence-corrected chi connectivity index (χ2v) is 8.21. The molecule has 0 aliphatic heterocycles. The van der Waals surface area contributed by atoms with Crippen molar-refractivity contribution in [1.29, 1.82) is 0 Å². The van der Waals surface area contributed by atoms with E-state index in [0.29, 0.717) is 10.5 Å². The van der Waals surface area contributed by atoms with E-state index < -0.39 is 22.7 Å². The molecule has 0 bridgehead atoms. The molecular weight excluding hydrogens is 348 g/mol. The normalized spacial score (nSPS) is 11.7. The monoisotopic (exact) mass is 368 g/mol. The maximum absolute atomic E-state index is 11.6. The van der Waals surface area contributed by atoms with Crippen molar-refractivity contribution in [2.75, 3.05) is 0 Å². The fourth-order valence-corrected chi connectivity index (χ4v) is 3.95. The predicted octanol–water partition coefficient (Wildman–Crippen LogP) is 5.40. The van der Waals surface area contributed by atoms with Gasteiger partial charge in [0.1, 0.15) is 17.1 Å². The number of benzene rings is 3. The van der Waals surface area contributed by atoms with E-state index in [4.69, 9.17) is 0 Å². The summed E-state index contributed by atoms with van der Waals surface area (Å²) in [7, 11) is 0. The van der Waals surface area contributed by atoms with Crippen molar-refractivity contribution in [1.82, 2.24) is 0 Å². The van der Waals surface area contributed by atoms with Crippen LogP contribution >= 0.6 is 11.8 Å². The van der Waals surface area contributed by atoms with Gasteiger partial charge in [0.2, 0.25) is 0 Å². The van der Waals surface area contributed by atoms with E-state index >= 15 is 0 Å². The molecule has 3 aromatic rings. The highest BCUT2D eigenvalue weighted by Gasteiger charge is 2.28. The van der Waals surface area contributed by atoms with Crippen LogP contribution in [0.2, 0.25) is 0 Å². The van der Waals surface area contributed by atoms with Gasteiger partial charge in [-0.25, -0.2) is 4.79 Å². The van der Waals surface area contributed by atoms with Crippen LogP contribution in [-0.4, -0.2) is 21.3 Å². The Morgan fingerprint density at radius 2 is 1.58 bits per heavy atom. The van der Waals surface area contributed by atoms with Gasteiger partial charge in [-0.05, 0) is 28.3 Å². The zero-order chi connectivity index (χ0) is 19.1. The Kier molecular flexibility index (Phi) is 4.59. The third-order valence-electron chi connectivity index (χ3n) is 4.23. The Balaban J connectivity index is 2.21. The number of phenols is 2. The molecule has 26 heavy (non-hydrogen) atoms. The molecule has 0 amide bonds. The van der Waals surface area contributed by atoms with Crippen molar-refractivity contribution in [2.24, 2.45) is 0 Å². The van der Waals surface area contributed by atoms with Crippen LogP contribution in [0.5, 0.6) is 11.5 Å². The summed E-state index contributed by atoms with van der Waals surface area (Å²) in [5.41, 5.74) is -0.452. The Morgan fingerprint density at radius 1 is 0.923 bits per heavy atom. The second-order valence-electron chi connectivity index (χ2n) is 7.13. The van der Waals surface area contributed by atoms with Gasteiger partial charge in [-0.15, -0.1) is 0 Å². The Labute approximate surface area is 156 Å². The highest BCUT2D eigenvalue weighted by atomic mass is 32.2. The van der Waals surface area contributed by atoms with E-state index in [2.05, 4.69) is 0 Å². The molecule has 0 saturated carbocycles. The van der Waals surface area contributed by atoms with E-state index in [-0.39, 0.29) is 5.75 Å². The lowest BCUT2D eigenvalue weighted by Crippen LogP contribution is -2.14. The zero-order valence-electron chi connectivity index (χ0n) is 14.8. The number of carbonyl (C=O) groups is 1. The smallest absolute Gasteiger partial charge is 0.343 e. The van der Waals surface area contributed by atoms with Crippen LogP contribution in [0.15, 0.2) is 58.3 Å². The lowest BCUT2D eigenvalue weighted by atomic mass is 9.85. The number of hydrogen-bond acceptors (Lipinski definition) is 4. The highest BCUT2D eigenvalue weighted by molar-refractivity contribution is 7.99. The molecular formula is C21H20O4S. The van der Waals surface area contributed by atoms with Gasteiger partial charge < -0.3 is 15.3 Å². The largest absolute Gasteiger partial charge is 0.507 e. The number of fused-ring (bicyclic) bond motifs is 1. The minimum absolute atomic E-state index is 0.384. The molecule has 0 spiro atoms. The first-order valence-electron chi connectivity index (χ1n) is 8.18. The van der Waals surface area contributed by atoms with Gasteiger partial charge in [0, 0.05) is 10.5 Å². The molecule has 0 radical (unpaired) electrons. The summed E-state index contributed by atoms with van der Waals surface area (Å²) < 4.78 is 0. The van der Waals surface area contributed by atoms with Crippen LogP contribution in [0.4, 0.5) is 0 Å². The average molecular weight is 368 g/mol. The van der Waals surface area contributed by atoms with Gasteiger partial charge in [-0.1, -0.05) is 68.9 Å². The van der Waals surface area contributed by atoms with E-state index in [9.17, 15) is 20.1 Å². The zero-order valence-corrected chi connectivity index (χ0v) is 15.6. The molecule has 3 N–H and O–H groups in total. The quantitative estimate of drug-likeness (QED) is 0.577. The summed E-state index contributed by atoms with van der Waals surface area (Å²) in [6.07, 6.45) is 0. The van der Waals surface area contributed by atoms with Crippen molar-refractivity contribution >= 4 is 28.5 Å². The van der Waals surface area contributed by atoms with Gasteiger partial charge >= 0.3 is 5.97 Å². The third-order valence-corrected chi connectivity index (χ3v) is 5.34. The van der Waals surface area contributed by atoms with Crippen LogP contribution in [-0.2, 0) is 5.41 Å². The highest BCUT2D eigenvalue weighted by Crippen LogP contribution is 2.46. The van der Waals surface area contributed by atoms with Gasteiger partial charge in [-0.2, -0.15) is 0 Å². The molecule has 0 fully saturated rings. The molecule has 0 heterocycles. The summed E-state index contributed by atoms with van der Waals surface area (Å²) in [6.45, 7) is 5.66. The van der Waals surface area contributed by atoms with Crippen molar-refractivity contribution in [3.63, 3.8) is 0 Å². The van der Waals surface area contributed by atoms with E-state index in [1.807, 2.05) is 63.2 Å². The van der Waals surface area contributed by atoms with E-state index in [1.54, 1.807) is 6.07 Å². The Hall–Kier alpha value is -2.66. The van der Waals surface area contributed by atoms with Crippen LogP contribution < -0.4 is 0 Å². The number of rotatable bonds is 3. The summed E-state index contributed by atoms with van der Waals surface area (Å²) in [4.78, 5) is 12.9. The summed E-state index contributed by atoms with van der Waals surface area (Å²) >= 11 is 1.29. The van der Waals surface area contributed by atoms with Crippen molar-refractivity contribution in [3.05, 3.63) is 59.7 Å². The van der Waals surface area contributed by atoms with Crippen molar-refractivity contribution < 1.29 is 20.1 Å². The van der Waals surface area contributed by atoms with Crippen LogP contribution in [0.1, 0.15) is 36.7 Å². The minimum atomic E-state index is -1.36. The lowest BCUT2D eigenvalue weighted by molar-refractivity contribution is 0.0689. The SMILES string of the molecule is CC(C)(C)c1cc(Sc2cccc3ccccc23)c(O)c(C(=O)O)c1O. The average Bonchev–Trinajstić information content (AvgIpc) is 2.56. The van der Waals surface area contributed by atoms with Gasteiger partial charge in [0.05, 0.1) is 4.90 Å². The minimum Gasteiger partial charge on any atom is -0.507 e. The standard InChI is InChI=1S/C21H20O4S/c1-21(2,3)14-11-16(19(23)17(18(14)22)20(24)25)26-15-10-6-8-12-7-4-5-9-13(12)15/h4-11,22-23H,1-3H3,(H,24,25). The number of aromatic carboxylic acids is 1. The van der Waals surface area contributed by atoms with Crippen LogP contribution in [0.3, 0.4) is 0 Å². The molecule has 4 nitrogen and oxygen atoms in total. The molecule has 0 aromatic heterocycles.